The number of amides is 1. The van der Waals surface area contributed by atoms with Gasteiger partial charge in [-0.25, -0.2) is 13.2 Å². The molecule has 98 valence electrons. The van der Waals surface area contributed by atoms with E-state index in [-0.39, 0.29) is 5.69 Å². The van der Waals surface area contributed by atoms with Crippen molar-refractivity contribution in [3.8, 4) is 0 Å². The van der Waals surface area contributed by atoms with Gasteiger partial charge in [0.1, 0.15) is 0 Å². The van der Waals surface area contributed by atoms with Crippen LogP contribution in [0.1, 0.15) is 0 Å². The van der Waals surface area contributed by atoms with Crippen molar-refractivity contribution in [3.05, 3.63) is 29.6 Å². The number of carbonyl (C=O) groups is 1. The standard InChI is InChI=1S/C11H11F3N2OS/c12-6-1-2-7(10(14)9(6)13)16-11(17)8-5-18-4-3-15-8/h1-2,8,15H,3-5H2,(H,16,17). The highest BCUT2D eigenvalue weighted by Gasteiger charge is 2.23. The van der Waals surface area contributed by atoms with E-state index in [2.05, 4.69) is 10.6 Å². The van der Waals surface area contributed by atoms with Gasteiger partial charge in [0.2, 0.25) is 5.91 Å². The van der Waals surface area contributed by atoms with E-state index in [4.69, 9.17) is 0 Å². The molecule has 2 rings (SSSR count). The summed E-state index contributed by atoms with van der Waals surface area (Å²) in [5, 5.41) is 5.21. The van der Waals surface area contributed by atoms with Gasteiger partial charge in [-0.2, -0.15) is 11.8 Å². The van der Waals surface area contributed by atoms with Gasteiger partial charge in [0, 0.05) is 18.1 Å². The summed E-state index contributed by atoms with van der Waals surface area (Å²) in [5.41, 5.74) is -0.351. The van der Waals surface area contributed by atoms with Crippen LogP contribution in [0.3, 0.4) is 0 Å². The second-order valence-corrected chi connectivity index (χ2v) is 4.94. The molecule has 1 aliphatic rings. The van der Waals surface area contributed by atoms with Gasteiger partial charge < -0.3 is 10.6 Å². The second kappa shape index (κ2) is 5.62. The lowest BCUT2D eigenvalue weighted by atomic mass is 10.2. The summed E-state index contributed by atoms with van der Waals surface area (Å²) < 4.78 is 39.0. The van der Waals surface area contributed by atoms with E-state index in [9.17, 15) is 18.0 Å². The number of anilines is 1. The van der Waals surface area contributed by atoms with Crippen LogP contribution in [0.15, 0.2) is 12.1 Å². The minimum Gasteiger partial charge on any atom is -0.322 e. The molecule has 18 heavy (non-hydrogen) atoms. The highest BCUT2D eigenvalue weighted by Crippen LogP contribution is 2.20. The first kappa shape index (κ1) is 13.2. The quantitative estimate of drug-likeness (QED) is 0.809. The molecule has 0 bridgehead atoms. The third-order valence-corrected chi connectivity index (χ3v) is 3.59. The average molecular weight is 276 g/mol. The molecular weight excluding hydrogens is 265 g/mol. The van der Waals surface area contributed by atoms with Crippen LogP contribution in [0.25, 0.3) is 0 Å². The molecule has 1 saturated heterocycles. The van der Waals surface area contributed by atoms with Crippen molar-refractivity contribution in [2.45, 2.75) is 6.04 Å². The Balaban J connectivity index is 2.09. The van der Waals surface area contributed by atoms with Crippen molar-refractivity contribution in [1.29, 1.82) is 0 Å². The first-order chi connectivity index (χ1) is 8.59. The normalized spacial score (nSPS) is 19.6. The van der Waals surface area contributed by atoms with Crippen LogP contribution in [-0.2, 0) is 4.79 Å². The summed E-state index contributed by atoms with van der Waals surface area (Å²) >= 11 is 1.60. The number of halogens is 3. The largest absolute Gasteiger partial charge is 0.322 e. The number of carbonyl (C=O) groups excluding carboxylic acids is 1. The summed E-state index contributed by atoms with van der Waals surface area (Å²) in [4.78, 5) is 11.7. The number of nitrogens with one attached hydrogen (secondary N) is 2. The fourth-order valence-corrected chi connectivity index (χ4v) is 2.51. The number of benzene rings is 1. The zero-order chi connectivity index (χ0) is 13.1. The fraction of sp³-hybridized carbons (Fsp3) is 0.364. The molecule has 1 aliphatic heterocycles. The van der Waals surface area contributed by atoms with Gasteiger partial charge in [-0.3, -0.25) is 4.79 Å². The Morgan fingerprint density at radius 1 is 1.33 bits per heavy atom. The lowest BCUT2D eigenvalue weighted by Gasteiger charge is -2.22. The van der Waals surface area contributed by atoms with Crippen molar-refractivity contribution in [2.75, 3.05) is 23.4 Å². The van der Waals surface area contributed by atoms with Gasteiger partial charge in [-0.05, 0) is 12.1 Å². The fourth-order valence-electron chi connectivity index (χ4n) is 1.58. The summed E-state index contributed by atoms with van der Waals surface area (Å²) in [5.74, 6) is -3.23. The maximum atomic E-state index is 13.3. The smallest absolute Gasteiger partial charge is 0.242 e. The van der Waals surface area contributed by atoms with E-state index in [1.807, 2.05) is 0 Å². The molecule has 2 N–H and O–H groups in total. The number of hydrogen-bond donors (Lipinski definition) is 2. The van der Waals surface area contributed by atoms with Crippen molar-refractivity contribution >= 4 is 23.4 Å². The molecule has 0 aliphatic carbocycles. The highest BCUT2D eigenvalue weighted by atomic mass is 32.2. The maximum Gasteiger partial charge on any atom is 0.242 e. The molecule has 0 radical (unpaired) electrons. The van der Waals surface area contributed by atoms with Gasteiger partial charge in [0.15, 0.2) is 17.5 Å². The van der Waals surface area contributed by atoms with Gasteiger partial charge >= 0.3 is 0 Å². The number of thioether (sulfide) groups is 1. The van der Waals surface area contributed by atoms with Crippen LogP contribution in [0.5, 0.6) is 0 Å². The van der Waals surface area contributed by atoms with Crippen LogP contribution in [0, 0.1) is 17.5 Å². The Labute approximate surface area is 106 Å². The topological polar surface area (TPSA) is 41.1 Å². The van der Waals surface area contributed by atoms with E-state index in [1.165, 1.54) is 0 Å². The molecule has 1 unspecified atom stereocenters. The molecule has 0 saturated carbocycles. The summed E-state index contributed by atoms with van der Waals surface area (Å²) in [6.07, 6.45) is 0. The van der Waals surface area contributed by atoms with Crippen molar-refractivity contribution in [1.82, 2.24) is 5.32 Å². The Bertz CT molecular complexity index is 464. The van der Waals surface area contributed by atoms with Gasteiger partial charge in [0.25, 0.3) is 0 Å². The molecular formula is C11H11F3N2OS. The van der Waals surface area contributed by atoms with E-state index in [1.54, 1.807) is 11.8 Å². The Morgan fingerprint density at radius 3 is 2.78 bits per heavy atom. The van der Waals surface area contributed by atoms with Crippen LogP contribution in [-0.4, -0.2) is 30.0 Å². The predicted octanol–water partition coefficient (Wildman–Crippen LogP) is 1.75. The maximum absolute atomic E-state index is 13.3. The first-order valence-corrected chi connectivity index (χ1v) is 6.50. The Kier molecular flexibility index (Phi) is 4.13. The van der Waals surface area contributed by atoms with Gasteiger partial charge in [-0.15, -0.1) is 0 Å². The number of rotatable bonds is 2. The van der Waals surface area contributed by atoms with E-state index >= 15 is 0 Å². The van der Waals surface area contributed by atoms with E-state index < -0.39 is 29.4 Å². The summed E-state index contributed by atoms with van der Waals surface area (Å²) in [6, 6.07) is 1.33. The first-order valence-electron chi connectivity index (χ1n) is 5.35. The number of hydrogen-bond acceptors (Lipinski definition) is 3. The van der Waals surface area contributed by atoms with Crippen LogP contribution in [0.4, 0.5) is 18.9 Å². The van der Waals surface area contributed by atoms with Crippen molar-refractivity contribution in [2.24, 2.45) is 0 Å². The SMILES string of the molecule is O=C(Nc1ccc(F)c(F)c1F)C1CSCCN1. The predicted molar refractivity (Wildman–Crippen MR) is 64.1 cm³/mol. The molecule has 3 nitrogen and oxygen atoms in total. The molecule has 1 atom stereocenters. The Hall–Kier alpha value is -1.21. The molecule has 1 aromatic carbocycles. The molecule has 1 amide bonds. The van der Waals surface area contributed by atoms with Gasteiger partial charge in [-0.1, -0.05) is 0 Å². The average Bonchev–Trinajstić information content (AvgIpc) is 2.40. The third kappa shape index (κ3) is 2.78. The molecule has 0 spiro atoms. The second-order valence-electron chi connectivity index (χ2n) is 3.79. The van der Waals surface area contributed by atoms with Crippen LogP contribution < -0.4 is 10.6 Å². The third-order valence-electron chi connectivity index (χ3n) is 2.53. The van der Waals surface area contributed by atoms with Gasteiger partial charge in [0.05, 0.1) is 11.7 Å². The molecule has 0 aromatic heterocycles. The molecule has 1 fully saturated rings. The zero-order valence-corrected chi connectivity index (χ0v) is 10.1. The summed E-state index contributed by atoms with van der Waals surface area (Å²) in [7, 11) is 0. The minimum atomic E-state index is -1.58. The van der Waals surface area contributed by atoms with Crippen LogP contribution >= 0.6 is 11.8 Å². The lowest BCUT2D eigenvalue weighted by molar-refractivity contribution is -0.117. The molecule has 7 heteroatoms. The lowest BCUT2D eigenvalue weighted by Crippen LogP contribution is -2.46. The van der Waals surface area contributed by atoms with E-state index in [0.29, 0.717) is 12.3 Å². The molecule has 1 heterocycles. The van der Waals surface area contributed by atoms with Crippen molar-refractivity contribution in [3.63, 3.8) is 0 Å². The zero-order valence-electron chi connectivity index (χ0n) is 9.30. The van der Waals surface area contributed by atoms with E-state index in [0.717, 1.165) is 17.9 Å². The highest BCUT2D eigenvalue weighted by molar-refractivity contribution is 7.99. The summed E-state index contributed by atoms with van der Waals surface area (Å²) in [6.45, 7) is 0.684. The molecule has 1 aromatic rings. The van der Waals surface area contributed by atoms with Crippen molar-refractivity contribution < 1.29 is 18.0 Å². The van der Waals surface area contributed by atoms with Crippen LogP contribution in [0.2, 0.25) is 0 Å². The minimum absolute atomic E-state index is 0.351. The Morgan fingerprint density at radius 2 is 2.11 bits per heavy atom. The monoisotopic (exact) mass is 276 g/mol.